The van der Waals surface area contributed by atoms with Crippen molar-refractivity contribution in [1.29, 1.82) is 0 Å². The summed E-state index contributed by atoms with van der Waals surface area (Å²) in [7, 11) is 0. The summed E-state index contributed by atoms with van der Waals surface area (Å²) in [5.74, 6) is 2.59. The smallest absolute Gasteiger partial charge is 0.320 e. The van der Waals surface area contributed by atoms with Crippen LogP contribution in [0, 0.1) is 34.5 Å². The SMILES string of the molecule is CC12CCC3(CC1CCC1C2CCC2(C)C1CCC21OCCO1)CN(Cc1ccccc1)CC(=O)O3. The zero-order valence-corrected chi connectivity index (χ0v) is 22.2. The Kier molecular flexibility index (Phi) is 5.45. The molecule has 2 saturated heterocycles. The average Bonchev–Trinajstić information content (AvgIpc) is 3.46. The molecule has 7 atom stereocenters. The number of nitrogens with zero attached hydrogens (tertiary/aromatic N) is 1. The summed E-state index contributed by atoms with van der Waals surface area (Å²) in [4.78, 5) is 15.1. The summed E-state index contributed by atoms with van der Waals surface area (Å²) >= 11 is 0. The minimum Gasteiger partial charge on any atom is -0.457 e. The molecule has 2 heterocycles. The largest absolute Gasteiger partial charge is 0.457 e. The van der Waals surface area contributed by atoms with E-state index in [-0.39, 0.29) is 22.8 Å². The first-order chi connectivity index (χ1) is 17.3. The standard InChI is InChI=1S/C31H43NO4/c1-28-14-15-30(21-32(20-27(33)36-30)19-22-6-4-3-5-7-22)18-23(28)8-9-24-25(28)10-12-29(2)26(24)11-13-31(29)34-16-17-35-31/h3-7,23-26H,8-21H2,1-2H3. The Bertz CT molecular complexity index is 1010. The van der Waals surface area contributed by atoms with Gasteiger partial charge >= 0.3 is 5.97 Å². The third-order valence-corrected chi connectivity index (χ3v) is 12.0. The Morgan fingerprint density at radius 2 is 1.69 bits per heavy atom. The van der Waals surface area contributed by atoms with Crippen LogP contribution in [0.1, 0.15) is 77.2 Å². The van der Waals surface area contributed by atoms with Crippen LogP contribution in [0.3, 0.4) is 0 Å². The summed E-state index contributed by atoms with van der Waals surface area (Å²) in [5, 5.41) is 0. The predicted molar refractivity (Wildman–Crippen MR) is 137 cm³/mol. The van der Waals surface area contributed by atoms with Crippen molar-refractivity contribution >= 4 is 5.97 Å². The van der Waals surface area contributed by atoms with Crippen LogP contribution in [0.5, 0.6) is 0 Å². The fourth-order valence-corrected chi connectivity index (χ4v) is 10.3. The molecular weight excluding hydrogens is 450 g/mol. The van der Waals surface area contributed by atoms with Gasteiger partial charge in [0.25, 0.3) is 0 Å². The van der Waals surface area contributed by atoms with Gasteiger partial charge < -0.3 is 14.2 Å². The number of hydrogen-bond donors (Lipinski definition) is 0. The number of fused-ring (bicyclic) bond motifs is 6. The zero-order valence-electron chi connectivity index (χ0n) is 22.2. The minimum absolute atomic E-state index is 0.0317. The van der Waals surface area contributed by atoms with Crippen molar-refractivity contribution in [2.75, 3.05) is 26.3 Å². The van der Waals surface area contributed by atoms with Crippen LogP contribution in [-0.4, -0.2) is 48.6 Å². The van der Waals surface area contributed by atoms with Crippen LogP contribution in [0.2, 0.25) is 0 Å². The second-order valence-electron chi connectivity index (χ2n) is 13.6. The molecule has 6 fully saturated rings. The second-order valence-corrected chi connectivity index (χ2v) is 13.6. The van der Waals surface area contributed by atoms with Gasteiger partial charge in [0.1, 0.15) is 5.60 Å². The van der Waals surface area contributed by atoms with Crippen LogP contribution in [-0.2, 0) is 25.5 Å². The van der Waals surface area contributed by atoms with E-state index in [2.05, 4.69) is 49.1 Å². The highest BCUT2D eigenvalue weighted by molar-refractivity contribution is 5.73. The van der Waals surface area contributed by atoms with Gasteiger partial charge in [0.05, 0.1) is 19.8 Å². The highest BCUT2D eigenvalue weighted by atomic mass is 16.7. The van der Waals surface area contributed by atoms with Crippen LogP contribution >= 0.6 is 0 Å². The lowest BCUT2D eigenvalue weighted by Crippen LogP contribution is -2.62. The van der Waals surface area contributed by atoms with Gasteiger partial charge in [0.15, 0.2) is 5.79 Å². The molecule has 2 spiro atoms. The monoisotopic (exact) mass is 493 g/mol. The molecule has 0 radical (unpaired) electrons. The number of ether oxygens (including phenoxy) is 3. The maximum Gasteiger partial charge on any atom is 0.320 e. The molecule has 1 aromatic carbocycles. The zero-order chi connectivity index (χ0) is 24.6. The average molecular weight is 494 g/mol. The fourth-order valence-electron chi connectivity index (χ4n) is 10.3. The molecule has 2 aliphatic heterocycles. The molecule has 36 heavy (non-hydrogen) atoms. The lowest BCUT2D eigenvalue weighted by atomic mass is 9.44. The lowest BCUT2D eigenvalue weighted by molar-refractivity contribution is -0.250. The molecule has 0 aromatic heterocycles. The molecule has 5 heteroatoms. The van der Waals surface area contributed by atoms with E-state index in [4.69, 9.17) is 14.2 Å². The highest BCUT2D eigenvalue weighted by Crippen LogP contribution is 2.70. The molecule has 4 aliphatic carbocycles. The third-order valence-electron chi connectivity index (χ3n) is 12.0. The molecule has 0 N–H and O–H groups in total. The first kappa shape index (κ1) is 23.7. The number of hydrogen-bond acceptors (Lipinski definition) is 5. The van der Waals surface area contributed by atoms with Crippen molar-refractivity contribution in [3.05, 3.63) is 35.9 Å². The van der Waals surface area contributed by atoms with E-state index >= 15 is 0 Å². The Hall–Kier alpha value is -1.43. The Morgan fingerprint density at radius 1 is 0.917 bits per heavy atom. The van der Waals surface area contributed by atoms with Crippen molar-refractivity contribution in [3.8, 4) is 0 Å². The van der Waals surface area contributed by atoms with Crippen LogP contribution in [0.25, 0.3) is 0 Å². The number of benzene rings is 1. The maximum absolute atomic E-state index is 12.8. The highest BCUT2D eigenvalue weighted by Gasteiger charge is 2.68. The molecule has 196 valence electrons. The van der Waals surface area contributed by atoms with E-state index in [0.717, 1.165) is 63.3 Å². The van der Waals surface area contributed by atoms with Crippen molar-refractivity contribution in [2.45, 2.75) is 89.6 Å². The van der Waals surface area contributed by atoms with Gasteiger partial charge in [-0.2, -0.15) is 0 Å². The summed E-state index contributed by atoms with van der Waals surface area (Å²) < 4.78 is 18.9. The van der Waals surface area contributed by atoms with Crippen LogP contribution in [0.15, 0.2) is 30.3 Å². The molecule has 7 unspecified atom stereocenters. The van der Waals surface area contributed by atoms with Crippen molar-refractivity contribution < 1.29 is 19.0 Å². The van der Waals surface area contributed by atoms with E-state index in [1.165, 1.54) is 44.1 Å². The van der Waals surface area contributed by atoms with Crippen LogP contribution in [0.4, 0.5) is 0 Å². The quantitative estimate of drug-likeness (QED) is 0.504. The first-order valence-electron chi connectivity index (χ1n) is 14.6. The molecule has 6 aliphatic rings. The Labute approximate surface area is 216 Å². The Balaban J connectivity index is 1.09. The lowest BCUT2D eigenvalue weighted by Gasteiger charge is -2.63. The van der Waals surface area contributed by atoms with Gasteiger partial charge in [-0.05, 0) is 86.0 Å². The molecule has 1 aromatic rings. The molecule has 4 saturated carbocycles. The number of carbonyl (C=O) groups is 1. The van der Waals surface area contributed by atoms with E-state index in [1.54, 1.807) is 0 Å². The van der Waals surface area contributed by atoms with Gasteiger partial charge in [0.2, 0.25) is 0 Å². The summed E-state index contributed by atoms with van der Waals surface area (Å²) in [5.41, 5.74) is 1.50. The van der Waals surface area contributed by atoms with Crippen molar-refractivity contribution in [2.24, 2.45) is 34.5 Å². The number of rotatable bonds is 2. The third kappa shape index (κ3) is 3.41. The topological polar surface area (TPSA) is 48.0 Å². The van der Waals surface area contributed by atoms with E-state index in [9.17, 15) is 4.79 Å². The predicted octanol–water partition coefficient (Wildman–Crippen LogP) is 5.57. The molecular formula is C31H43NO4. The second kappa shape index (κ2) is 8.28. The Morgan fingerprint density at radius 3 is 2.50 bits per heavy atom. The van der Waals surface area contributed by atoms with Crippen molar-refractivity contribution in [1.82, 2.24) is 4.90 Å². The molecule has 0 bridgehead atoms. The fraction of sp³-hybridized carbons (Fsp3) is 0.774. The molecule has 5 nitrogen and oxygen atoms in total. The van der Waals surface area contributed by atoms with Gasteiger partial charge in [-0.3, -0.25) is 9.69 Å². The first-order valence-corrected chi connectivity index (χ1v) is 14.6. The molecule has 0 amide bonds. The summed E-state index contributed by atoms with van der Waals surface area (Å²) in [6.07, 6.45) is 10.7. The van der Waals surface area contributed by atoms with Gasteiger partial charge in [0, 0.05) is 24.9 Å². The minimum atomic E-state index is -0.310. The van der Waals surface area contributed by atoms with E-state index < -0.39 is 0 Å². The number of carbonyl (C=O) groups excluding carboxylic acids is 1. The van der Waals surface area contributed by atoms with E-state index in [0.29, 0.717) is 17.9 Å². The van der Waals surface area contributed by atoms with Gasteiger partial charge in [-0.25, -0.2) is 0 Å². The normalized spacial score (nSPS) is 45.8. The number of esters is 1. The summed E-state index contributed by atoms with van der Waals surface area (Å²) in [6, 6.07) is 10.6. The van der Waals surface area contributed by atoms with E-state index in [1.807, 2.05) is 0 Å². The van der Waals surface area contributed by atoms with Gasteiger partial charge in [-0.1, -0.05) is 44.2 Å². The van der Waals surface area contributed by atoms with Gasteiger partial charge in [-0.15, -0.1) is 0 Å². The van der Waals surface area contributed by atoms with Crippen LogP contribution < -0.4 is 0 Å². The maximum atomic E-state index is 12.8. The van der Waals surface area contributed by atoms with Crippen molar-refractivity contribution in [3.63, 3.8) is 0 Å². The number of morpholine rings is 1. The summed E-state index contributed by atoms with van der Waals surface area (Å²) in [6.45, 7) is 8.73. The molecule has 7 rings (SSSR count).